The van der Waals surface area contributed by atoms with Gasteiger partial charge >= 0.3 is 0 Å². The molecule has 0 saturated carbocycles. The van der Waals surface area contributed by atoms with Crippen LogP contribution in [0.4, 0.5) is 11.4 Å². The molecule has 0 bridgehead atoms. The maximum Gasteiger partial charge on any atom is 0.224 e. The van der Waals surface area contributed by atoms with E-state index in [1.54, 1.807) is 0 Å². The summed E-state index contributed by atoms with van der Waals surface area (Å²) < 4.78 is 0. The van der Waals surface area contributed by atoms with E-state index in [9.17, 15) is 14.9 Å². The van der Waals surface area contributed by atoms with E-state index in [0.717, 1.165) is 54.7 Å². The minimum Gasteiger partial charge on any atom is -0.372 e. The van der Waals surface area contributed by atoms with E-state index in [2.05, 4.69) is 64.4 Å². The largest absolute Gasteiger partial charge is 0.372 e. The van der Waals surface area contributed by atoms with Crippen molar-refractivity contribution in [1.29, 1.82) is 0 Å². The molecular formula is C36H39N3O3. The molecule has 2 fully saturated rings. The number of carbonyl (C=O) groups excluding carboxylic acids is 1. The van der Waals surface area contributed by atoms with Crippen LogP contribution in [0.2, 0.25) is 0 Å². The van der Waals surface area contributed by atoms with Crippen LogP contribution in [-0.4, -0.2) is 43.4 Å². The molecule has 0 unspecified atom stereocenters. The molecule has 2 saturated heterocycles. The fourth-order valence-corrected chi connectivity index (χ4v) is 7.06. The number of benzene rings is 3. The Bertz CT molecular complexity index is 1370. The number of nitro groups is 1. The summed E-state index contributed by atoms with van der Waals surface area (Å²) in [5.41, 5.74) is 7.35. The molecule has 0 amide bonds. The van der Waals surface area contributed by atoms with Gasteiger partial charge < -0.3 is 9.80 Å². The van der Waals surface area contributed by atoms with E-state index >= 15 is 0 Å². The maximum atomic E-state index is 12.2. The summed E-state index contributed by atoms with van der Waals surface area (Å²) in [6.45, 7) is 4.41. The molecule has 0 N–H and O–H groups in total. The number of aldehydes is 1. The number of carbonyl (C=O) groups is 1. The smallest absolute Gasteiger partial charge is 0.224 e. The second-order valence-corrected chi connectivity index (χ2v) is 11.9. The monoisotopic (exact) mass is 561 g/mol. The van der Waals surface area contributed by atoms with Gasteiger partial charge in [0, 0.05) is 48.9 Å². The minimum atomic E-state index is -0.834. The van der Waals surface area contributed by atoms with Gasteiger partial charge in [-0.2, -0.15) is 0 Å². The molecular weight excluding hydrogens is 522 g/mol. The van der Waals surface area contributed by atoms with Gasteiger partial charge in [0.2, 0.25) is 6.04 Å². The Kier molecular flexibility index (Phi) is 8.50. The van der Waals surface area contributed by atoms with Gasteiger partial charge in [0.1, 0.15) is 6.29 Å². The van der Waals surface area contributed by atoms with Crippen molar-refractivity contribution >= 4 is 23.2 Å². The molecule has 2 aliphatic heterocycles. The lowest BCUT2D eigenvalue weighted by Crippen LogP contribution is -2.35. The summed E-state index contributed by atoms with van der Waals surface area (Å²) in [6.07, 6.45) is 10.7. The average Bonchev–Trinajstić information content (AvgIpc) is 3.77. The van der Waals surface area contributed by atoms with Crippen LogP contribution in [0.25, 0.3) is 5.57 Å². The average molecular weight is 562 g/mol. The van der Waals surface area contributed by atoms with Crippen LogP contribution in [0, 0.1) is 16.0 Å². The van der Waals surface area contributed by atoms with Crippen molar-refractivity contribution in [3.05, 3.63) is 123 Å². The van der Waals surface area contributed by atoms with Crippen molar-refractivity contribution < 1.29 is 9.72 Å². The molecule has 6 nitrogen and oxygen atoms in total. The summed E-state index contributed by atoms with van der Waals surface area (Å²) in [5.74, 6) is -0.475. The van der Waals surface area contributed by atoms with Crippen molar-refractivity contribution in [3.8, 4) is 0 Å². The van der Waals surface area contributed by atoms with Crippen molar-refractivity contribution in [2.75, 3.05) is 36.0 Å². The molecule has 42 heavy (non-hydrogen) atoms. The normalized spacial score (nSPS) is 22.1. The molecule has 0 radical (unpaired) electrons. The summed E-state index contributed by atoms with van der Waals surface area (Å²) in [5, 5.41) is 12.2. The second-order valence-electron chi connectivity index (χ2n) is 11.9. The maximum absolute atomic E-state index is 12.2. The molecule has 2 heterocycles. The summed E-state index contributed by atoms with van der Waals surface area (Å²) >= 11 is 0. The van der Waals surface area contributed by atoms with Gasteiger partial charge in [-0.05, 0) is 90.1 Å². The number of rotatable bonds is 9. The van der Waals surface area contributed by atoms with E-state index in [4.69, 9.17) is 0 Å². The lowest BCUT2D eigenvalue weighted by atomic mass is 9.72. The van der Waals surface area contributed by atoms with Gasteiger partial charge in [0.15, 0.2) is 0 Å². The zero-order chi connectivity index (χ0) is 28.9. The molecule has 6 rings (SSSR count). The van der Waals surface area contributed by atoms with Gasteiger partial charge in [-0.15, -0.1) is 0 Å². The first-order valence-electron chi connectivity index (χ1n) is 15.4. The Morgan fingerprint density at radius 1 is 0.786 bits per heavy atom. The molecule has 216 valence electrons. The van der Waals surface area contributed by atoms with Gasteiger partial charge in [-0.3, -0.25) is 14.9 Å². The molecule has 6 heteroatoms. The van der Waals surface area contributed by atoms with Crippen molar-refractivity contribution in [3.63, 3.8) is 0 Å². The van der Waals surface area contributed by atoms with Crippen LogP contribution in [0.3, 0.4) is 0 Å². The van der Waals surface area contributed by atoms with Crippen LogP contribution in [0.15, 0.2) is 96.6 Å². The Hall–Kier alpha value is -4.19. The molecule has 3 aromatic carbocycles. The number of anilines is 2. The van der Waals surface area contributed by atoms with Gasteiger partial charge in [0.05, 0.1) is 5.92 Å². The first kappa shape index (κ1) is 28.0. The van der Waals surface area contributed by atoms with Crippen molar-refractivity contribution in [2.45, 2.75) is 50.5 Å². The summed E-state index contributed by atoms with van der Waals surface area (Å²) in [6, 6.07) is 26.6. The Balaban J connectivity index is 1.36. The molecule has 1 aliphatic carbocycles. The zero-order valence-corrected chi connectivity index (χ0v) is 24.1. The van der Waals surface area contributed by atoms with Crippen molar-refractivity contribution in [2.24, 2.45) is 5.92 Å². The van der Waals surface area contributed by atoms with E-state index in [0.29, 0.717) is 12.0 Å². The third kappa shape index (κ3) is 6.03. The third-order valence-electron chi connectivity index (χ3n) is 9.25. The minimum absolute atomic E-state index is 0.166. The number of hydrogen-bond acceptors (Lipinski definition) is 5. The highest BCUT2D eigenvalue weighted by atomic mass is 16.6. The summed E-state index contributed by atoms with van der Waals surface area (Å²) in [4.78, 5) is 28.8. The first-order chi connectivity index (χ1) is 20.6. The summed E-state index contributed by atoms with van der Waals surface area (Å²) in [7, 11) is 0. The topological polar surface area (TPSA) is 66.7 Å². The lowest BCUT2D eigenvalue weighted by molar-refractivity contribution is -0.528. The van der Waals surface area contributed by atoms with E-state index in [1.807, 2.05) is 36.4 Å². The Morgan fingerprint density at radius 3 is 1.79 bits per heavy atom. The van der Waals surface area contributed by atoms with Crippen LogP contribution >= 0.6 is 0 Å². The van der Waals surface area contributed by atoms with E-state index < -0.39 is 6.04 Å². The van der Waals surface area contributed by atoms with Crippen LogP contribution in [0.5, 0.6) is 0 Å². The highest BCUT2D eigenvalue weighted by Crippen LogP contribution is 2.41. The molecule has 0 aromatic heterocycles. The van der Waals surface area contributed by atoms with Crippen LogP contribution in [0.1, 0.15) is 61.1 Å². The fraction of sp³-hybridized carbons (Fsp3) is 0.361. The second kappa shape index (κ2) is 12.8. The highest BCUT2D eigenvalue weighted by Gasteiger charge is 2.41. The van der Waals surface area contributed by atoms with Crippen LogP contribution < -0.4 is 9.80 Å². The predicted octanol–water partition coefficient (Wildman–Crippen LogP) is 7.28. The Labute approximate surface area is 248 Å². The zero-order valence-electron chi connectivity index (χ0n) is 24.1. The predicted molar refractivity (Wildman–Crippen MR) is 170 cm³/mol. The van der Waals surface area contributed by atoms with Gasteiger partial charge in [0.25, 0.3) is 0 Å². The van der Waals surface area contributed by atoms with E-state index in [-0.39, 0.29) is 23.2 Å². The molecule has 3 aliphatic rings. The van der Waals surface area contributed by atoms with Gasteiger partial charge in [-0.1, -0.05) is 66.7 Å². The fourth-order valence-electron chi connectivity index (χ4n) is 7.06. The first-order valence-corrected chi connectivity index (χ1v) is 15.4. The van der Waals surface area contributed by atoms with E-state index in [1.165, 1.54) is 37.1 Å². The van der Waals surface area contributed by atoms with Crippen LogP contribution in [-0.2, 0) is 4.79 Å². The number of allylic oxidation sites excluding steroid dienone is 2. The van der Waals surface area contributed by atoms with Crippen molar-refractivity contribution in [1.82, 2.24) is 0 Å². The quantitative estimate of drug-likeness (QED) is 0.156. The highest BCUT2D eigenvalue weighted by molar-refractivity contribution is 5.81. The molecule has 0 spiro atoms. The molecule has 3 aromatic rings. The number of hydrogen-bond donors (Lipinski definition) is 0. The standard InChI is InChI=1S/C36H39N3O3/c40-26-27-24-31(36(35(25-27)39(41)42)30-8-2-1-3-9-30)14-19-34(28-10-15-32(16-11-28)37-20-4-5-21-37)29-12-17-33(18-13-29)38-22-6-7-23-38/h1-3,8-13,15-19,24,26,31,35-36H,4-7,14,20-23,25H2/t31-,35-,36+/m0/s1. The Morgan fingerprint density at radius 2 is 1.31 bits per heavy atom. The number of nitrogens with zero attached hydrogens (tertiary/aromatic N) is 3. The van der Waals surface area contributed by atoms with Gasteiger partial charge in [-0.25, -0.2) is 0 Å². The SMILES string of the molecule is O=CC1=C[C@H](CC=C(c2ccc(N3CCCC3)cc2)c2ccc(N3CCCC3)cc2)[C@@H](c2ccccc2)[C@@H]([N+](=O)[O-])C1. The lowest BCUT2D eigenvalue weighted by Gasteiger charge is -2.31. The third-order valence-corrected chi connectivity index (χ3v) is 9.25. The molecule has 3 atom stereocenters.